The molecular weight excluding hydrogens is 274 g/mol. The summed E-state index contributed by atoms with van der Waals surface area (Å²) in [5.74, 6) is 2.09. The van der Waals surface area contributed by atoms with Crippen LogP contribution >= 0.6 is 23.4 Å². The highest BCUT2D eigenvalue weighted by atomic mass is 35.5. The molecule has 3 atom stereocenters. The Morgan fingerprint density at radius 3 is 3.00 bits per heavy atom. The van der Waals surface area contributed by atoms with Crippen LogP contribution in [0.2, 0.25) is 5.02 Å². The normalized spacial score (nSPS) is 30.9. The van der Waals surface area contributed by atoms with Crippen molar-refractivity contribution < 1.29 is 0 Å². The number of halogens is 1. The van der Waals surface area contributed by atoms with Crippen LogP contribution in [0.3, 0.4) is 0 Å². The zero-order chi connectivity index (χ0) is 13.2. The van der Waals surface area contributed by atoms with E-state index in [-0.39, 0.29) is 0 Å². The Labute approximate surface area is 125 Å². The van der Waals surface area contributed by atoms with Gasteiger partial charge < -0.3 is 5.32 Å². The first-order valence-corrected chi connectivity index (χ1v) is 8.77. The molecule has 1 aliphatic carbocycles. The van der Waals surface area contributed by atoms with Crippen molar-refractivity contribution in [2.45, 2.75) is 56.0 Å². The van der Waals surface area contributed by atoms with Gasteiger partial charge in [-0.25, -0.2) is 0 Å². The van der Waals surface area contributed by atoms with Crippen LogP contribution in [0.25, 0.3) is 0 Å². The number of hydrogen-bond acceptors (Lipinski definition) is 2. The van der Waals surface area contributed by atoms with Crippen molar-refractivity contribution in [3.63, 3.8) is 0 Å². The van der Waals surface area contributed by atoms with Gasteiger partial charge in [0.2, 0.25) is 0 Å². The Morgan fingerprint density at radius 2 is 2.16 bits per heavy atom. The minimum atomic E-state index is 0.505. The van der Waals surface area contributed by atoms with Gasteiger partial charge in [-0.1, -0.05) is 31.4 Å². The van der Waals surface area contributed by atoms with Crippen LogP contribution in [0, 0.1) is 5.92 Å². The van der Waals surface area contributed by atoms with Crippen molar-refractivity contribution in [3.8, 4) is 0 Å². The lowest BCUT2D eigenvalue weighted by Gasteiger charge is -2.34. The van der Waals surface area contributed by atoms with Crippen LogP contribution in [0.1, 0.15) is 50.6 Å². The van der Waals surface area contributed by atoms with E-state index in [9.17, 15) is 0 Å². The topological polar surface area (TPSA) is 12.0 Å². The molecule has 19 heavy (non-hydrogen) atoms. The Balaban J connectivity index is 1.74. The maximum atomic E-state index is 6.17. The monoisotopic (exact) mass is 295 g/mol. The molecule has 1 N–H and O–H groups in total. The molecule has 104 valence electrons. The second-order valence-corrected chi connectivity index (χ2v) is 7.58. The summed E-state index contributed by atoms with van der Waals surface area (Å²) in [4.78, 5) is 1.41. The van der Waals surface area contributed by atoms with E-state index >= 15 is 0 Å². The average molecular weight is 296 g/mol. The van der Waals surface area contributed by atoms with Gasteiger partial charge in [0.1, 0.15) is 0 Å². The highest BCUT2D eigenvalue weighted by molar-refractivity contribution is 7.99. The number of thioether (sulfide) groups is 1. The van der Waals surface area contributed by atoms with Gasteiger partial charge in [-0.2, -0.15) is 0 Å². The first-order valence-electron chi connectivity index (χ1n) is 7.40. The molecule has 0 spiro atoms. The predicted molar refractivity (Wildman–Crippen MR) is 84.1 cm³/mol. The Bertz CT molecular complexity index is 448. The van der Waals surface area contributed by atoms with Gasteiger partial charge in [-0.05, 0) is 54.7 Å². The Morgan fingerprint density at radius 1 is 1.26 bits per heavy atom. The summed E-state index contributed by atoms with van der Waals surface area (Å²) in [6.45, 7) is 2.38. The lowest BCUT2D eigenvalue weighted by atomic mass is 9.86. The van der Waals surface area contributed by atoms with E-state index < -0.39 is 0 Å². The molecule has 1 nitrogen and oxygen atoms in total. The minimum Gasteiger partial charge on any atom is -0.307 e. The summed E-state index contributed by atoms with van der Waals surface area (Å²) < 4.78 is 0. The molecule has 3 heteroatoms. The lowest BCUT2D eigenvalue weighted by molar-refractivity contribution is 0.277. The van der Waals surface area contributed by atoms with Gasteiger partial charge in [0, 0.05) is 22.0 Å². The fraction of sp³-hybridized carbons (Fsp3) is 0.625. The number of rotatable bonds is 2. The maximum Gasteiger partial charge on any atom is 0.0410 e. The fourth-order valence-electron chi connectivity index (χ4n) is 3.41. The molecule has 0 amide bonds. The number of hydrogen-bond donors (Lipinski definition) is 1. The van der Waals surface area contributed by atoms with Crippen molar-refractivity contribution >= 4 is 23.4 Å². The zero-order valence-corrected chi connectivity index (χ0v) is 13.1. The van der Waals surface area contributed by atoms with Crippen LogP contribution in [-0.4, -0.2) is 11.8 Å². The third-order valence-electron chi connectivity index (χ3n) is 4.38. The van der Waals surface area contributed by atoms with Crippen molar-refractivity contribution in [3.05, 3.63) is 28.8 Å². The average Bonchev–Trinajstić information content (AvgIpc) is 2.39. The standard InChI is InChI=1S/C16H22ClNS/c1-11-3-2-4-13(9-11)18-15-7-8-19-16-6-5-12(17)10-14(15)16/h5-6,10-11,13,15,18H,2-4,7-9H2,1H3. The van der Waals surface area contributed by atoms with E-state index in [1.807, 2.05) is 17.8 Å². The molecule has 0 saturated heterocycles. The number of fused-ring (bicyclic) bond motifs is 1. The number of benzene rings is 1. The van der Waals surface area contributed by atoms with E-state index in [4.69, 9.17) is 11.6 Å². The van der Waals surface area contributed by atoms with Crippen LogP contribution in [0.15, 0.2) is 23.1 Å². The predicted octanol–water partition coefficient (Wildman–Crippen LogP) is 5.05. The molecule has 0 bridgehead atoms. The summed E-state index contributed by atoms with van der Waals surface area (Å²) in [6, 6.07) is 7.55. The molecule has 3 unspecified atom stereocenters. The fourth-order valence-corrected chi connectivity index (χ4v) is 4.69. The summed E-state index contributed by atoms with van der Waals surface area (Å²) in [5.41, 5.74) is 1.42. The molecule has 0 aromatic heterocycles. The molecule has 1 aromatic carbocycles. The van der Waals surface area contributed by atoms with Gasteiger partial charge in [0.15, 0.2) is 0 Å². The molecule has 1 aromatic rings. The zero-order valence-electron chi connectivity index (χ0n) is 11.5. The SMILES string of the molecule is CC1CCCC(NC2CCSc3ccc(Cl)cc32)C1. The van der Waals surface area contributed by atoms with Crippen molar-refractivity contribution in [2.75, 3.05) is 5.75 Å². The largest absolute Gasteiger partial charge is 0.307 e. The highest BCUT2D eigenvalue weighted by Crippen LogP contribution is 2.38. The summed E-state index contributed by atoms with van der Waals surface area (Å²) in [5, 5.41) is 4.77. The van der Waals surface area contributed by atoms with E-state index in [1.54, 1.807) is 0 Å². The van der Waals surface area contributed by atoms with E-state index in [0.29, 0.717) is 12.1 Å². The van der Waals surface area contributed by atoms with Gasteiger partial charge in [0.05, 0.1) is 0 Å². The van der Waals surface area contributed by atoms with Gasteiger partial charge in [-0.15, -0.1) is 11.8 Å². The summed E-state index contributed by atoms with van der Waals surface area (Å²) >= 11 is 8.14. The van der Waals surface area contributed by atoms with E-state index in [0.717, 1.165) is 10.9 Å². The molecular formula is C16H22ClNS. The lowest BCUT2D eigenvalue weighted by Crippen LogP contribution is -2.37. The maximum absolute atomic E-state index is 6.17. The second-order valence-electron chi connectivity index (χ2n) is 6.01. The second kappa shape index (κ2) is 6.07. The molecule has 1 heterocycles. The van der Waals surface area contributed by atoms with Gasteiger partial charge in [-0.3, -0.25) is 0 Å². The van der Waals surface area contributed by atoms with Gasteiger partial charge in [0.25, 0.3) is 0 Å². The summed E-state index contributed by atoms with van der Waals surface area (Å²) in [6.07, 6.45) is 6.68. The smallest absolute Gasteiger partial charge is 0.0410 e. The Kier molecular flexibility index (Phi) is 4.40. The third-order valence-corrected chi connectivity index (χ3v) is 5.74. The minimum absolute atomic E-state index is 0.505. The van der Waals surface area contributed by atoms with Crippen LogP contribution in [0.4, 0.5) is 0 Å². The van der Waals surface area contributed by atoms with E-state index in [2.05, 4.69) is 24.4 Å². The third kappa shape index (κ3) is 3.29. The van der Waals surface area contributed by atoms with Crippen LogP contribution < -0.4 is 5.32 Å². The quantitative estimate of drug-likeness (QED) is 0.820. The molecule has 1 fully saturated rings. The van der Waals surface area contributed by atoms with Gasteiger partial charge >= 0.3 is 0 Å². The first-order chi connectivity index (χ1) is 9.22. The molecule has 0 radical (unpaired) electrons. The van der Waals surface area contributed by atoms with Crippen LogP contribution in [0.5, 0.6) is 0 Å². The molecule has 1 saturated carbocycles. The van der Waals surface area contributed by atoms with Crippen molar-refractivity contribution in [2.24, 2.45) is 5.92 Å². The van der Waals surface area contributed by atoms with Crippen molar-refractivity contribution in [1.29, 1.82) is 0 Å². The molecule has 2 aliphatic rings. The summed E-state index contributed by atoms with van der Waals surface area (Å²) in [7, 11) is 0. The number of nitrogens with one attached hydrogen (secondary N) is 1. The Hall–Kier alpha value is -0.180. The highest BCUT2D eigenvalue weighted by Gasteiger charge is 2.26. The van der Waals surface area contributed by atoms with Crippen molar-refractivity contribution in [1.82, 2.24) is 5.32 Å². The first kappa shape index (κ1) is 13.8. The molecule has 3 rings (SSSR count). The molecule has 1 aliphatic heterocycles. The van der Waals surface area contributed by atoms with Crippen LogP contribution in [-0.2, 0) is 0 Å². The van der Waals surface area contributed by atoms with E-state index in [1.165, 1.54) is 48.3 Å².